The molecule has 0 N–H and O–H groups in total. The molecule has 0 amide bonds. The summed E-state index contributed by atoms with van der Waals surface area (Å²) in [5.41, 5.74) is 1.35. The lowest BCUT2D eigenvalue weighted by Gasteiger charge is -2.09. The van der Waals surface area contributed by atoms with E-state index >= 15 is 0 Å². The van der Waals surface area contributed by atoms with Crippen molar-refractivity contribution in [3.05, 3.63) is 12.2 Å². The van der Waals surface area contributed by atoms with Gasteiger partial charge >= 0.3 is 0 Å². The van der Waals surface area contributed by atoms with Gasteiger partial charge in [-0.15, -0.1) is 0 Å². The van der Waals surface area contributed by atoms with Crippen LogP contribution in [0.25, 0.3) is 0 Å². The minimum atomic E-state index is 0.745. The third kappa shape index (κ3) is 1.86. The quantitative estimate of drug-likeness (QED) is 0.525. The average molecular weight is 138 g/mol. The topological polar surface area (TPSA) is 0 Å². The molecule has 3 atom stereocenters. The Balaban J connectivity index is 2.19. The Labute approximate surface area is 64.3 Å². The molecule has 1 aliphatic carbocycles. The minimum absolute atomic E-state index is 0.745. The van der Waals surface area contributed by atoms with Crippen LogP contribution in [-0.2, 0) is 0 Å². The van der Waals surface area contributed by atoms with E-state index in [9.17, 15) is 0 Å². The van der Waals surface area contributed by atoms with E-state index < -0.39 is 0 Å². The second kappa shape index (κ2) is 2.77. The predicted octanol–water partition coefficient (Wildman–Crippen LogP) is 3.24. The van der Waals surface area contributed by atoms with Crippen molar-refractivity contribution >= 4 is 0 Å². The Kier molecular flexibility index (Phi) is 2.18. The van der Waals surface area contributed by atoms with E-state index in [1.54, 1.807) is 0 Å². The zero-order chi connectivity index (χ0) is 7.72. The number of hydrogen-bond acceptors (Lipinski definition) is 0. The van der Waals surface area contributed by atoms with Crippen LogP contribution in [0.5, 0.6) is 0 Å². The number of allylic oxidation sites excluding steroid dienone is 1. The van der Waals surface area contributed by atoms with Crippen molar-refractivity contribution in [1.29, 1.82) is 0 Å². The standard InChI is InChI=1S/C10H18/c1-7(2)8(3)5-10-6-9(10)4/h8-10H,1,5-6H2,2-4H3. The molecule has 0 nitrogen and oxygen atoms in total. The van der Waals surface area contributed by atoms with Crippen LogP contribution in [0.1, 0.15) is 33.6 Å². The fourth-order valence-electron chi connectivity index (χ4n) is 1.38. The lowest BCUT2D eigenvalue weighted by atomic mass is 9.97. The van der Waals surface area contributed by atoms with Crippen LogP contribution in [0, 0.1) is 17.8 Å². The van der Waals surface area contributed by atoms with Crippen LogP contribution in [0.15, 0.2) is 12.2 Å². The Morgan fingerprint density at radius 2 is 2.20 bits per heavy atom. The van der Waals surface area contributed by atoms with Gasteiger partial charge in [-0.3, -0.25) is 0 Å². The summed E-state index contributed by atoms with van der Waals surface area (Å²) in [5.74, 6) is 2.77. The highest BCUT2D eigenvalue weighted by atomic mass is 14.4. The van der Waals surface area contributed by atoms with Crippen LogP contribution < -0.4 is 0 Å². The van der Waals surface area contributed by atoms with E-state index in [4.69, 9.17) is 0 Å². The maximum absolute atomic E-state index is 3.96. The molecule has 0 saturated heterocycles. The van der Waals surface area contributed by atoms with Crippen LogP contribution in [0.2, 0.25) is 0 Å². The Bertz CT molecular complexity index is 135. The van der Waals surface area contributed by atoms with Gasteiger partial charge in [-0.25, -0.2) is 0 Å². The molecule has 1 saturated carbocycles. The molecule has 0 aromatic carbocycles. The predicted molar refractivity (Wildman–Crippen MR) is 45.9 cm³/mol. The maximum atomic E-state index is 3.96. The van der Waals surface area contributed by atoms with Crippen LogP contribution in [0.4, 0.5) is 0 Å². The fourth-order valence-corrected chi connectivity index (χ4v) is 1.38. The van der Waals surface area contributed by atoms with Gasteiger partial charge in [0.1, 0.15) is 0 Å². The molecule has 1 aliphatic rings. The normalized spacial score (nSPS) is 33.5. The first-order valence-electron chi connectivity index (χ1n) is 4.26. The first-order valence-corrected chi connectivity index (χ1v) is 4.26. The van der Waals surface area contributed by atoms with Crippen molar-refractivity contribution < 1.29 is 0 Å². The van der Waals surface area contributed by atoms with Gasteiger partial charge in [0.05, 0.1) is 0 Å². The first kappa shape index (κ1) is 7.84. The molecule has 58 valence electrons. The highest BCUT2D eigenvalue weighted by molar-refractivity contribution is 4.97. The van der Waals surface area contributed by atoms with Crippen LogP contribution >= 0.6 is 0 Å². The molecule has 0 spiro atoms. The summed E-state index contributed by atoms with van der Waals surface area (Å²) >= 11 is 0. The Hall–Kier alpha value is -0.260. The van der Waals surface area contributed by atoms with Gasteiger partial charge in [0, 0.05) is 0 Å². The summed E-state index contributed by atoms with van der Waals surface area (Å²) in [6.07, 6.45) is 2.83. The molecule has 3 unspecified atom stereocenters. The molecule has 0 heterocycles. The van der Waals surface area contributed by atoms with Gasteiger partial charge in [0.2, 0.25) is 0 Å². The molecular formula is C10H18. The Morgan fingerprint density at radius 1 is 1.70 bits per heavy atom. The smallest absolute Gasteiger partial charge is 0.0234 e. The number of rotatable bonds is 3. The lowest BCUT2D eigenvalue weighted by Crippen LogP contribution is -1.96. The summed E-state index contributed by atoms with van der Waals surface area (Å²) < 4.78 is 0. The van der Waals surface area contributed by atoms with E-state index in [0.717, 1.165) is 17.8 Å². The van der Waals surface area contributed by atoms with Crippen molar-refractivity contribution in [2.24, 2.45) is 17.8 Å². The summed E-state index contributed by atoms with van der Waals surface area (Å²) in [7, 11) is 0. The maximum Gasteiger partial charge on any atom is -0.0234 e. The first-order chi connectivity index (χ1) is 4.61. The van der Waals surface area contributed by atoms with Gasteiger partial charge in [-0.2, -0.15) is 0 Å². The lowest BCUT2D eigenvalue weighted by molar-refractivity contribution is 0.542. The van der Waals surface area contributed by atoms with Gasteiger partial charge < -0.3 is 0 Å². The summed E-state index contributed by atoms with van der Waals surface area (Å²) in [6, 6.07) is 0. The van der Waals surface area contributed by atoms with Crippen molar-refractivity contribution in [1.82, 2.24) is 0 Å². The molecule has 0 heteroatoms. The zero-order valence-corrected chi connectivity index (χ0v) is 7.35. The molecule has 0 radical (unpaired) electrons. The van der Waals surface area contributed by atoms with Crippen LogP contribution in [-0.4, -0.2) is 0 Å². The van der Waals surface area contributed by atoms with Crippen molar-refractivity contribution in [2.45, 2.75) is 33.6 Å². The van der Waals surface area contributed by atoms with Crippen molar-refractivity contribution in [2.75, 3.05) is 0 Å². The molecule has 1 rings (SSSR count). The molecule has 10 heavy (non-hydrogen) atoms. The Morgan fingerprint density at radius 3 is 2.50 bits per heavy atom. The molecule has 1 fully saturated rings. The highest BCUT2D eigenvalue weighted by Gasteiger charge is 2.33. The summed E-state index contributed by atoms with van der Waals surface area (Å²) in [6.45, 7) is 10.7. The SMILES string of the molecule is C=C(C)C(C)CC1CC1C. The summed E-state index contributed by atoms with van der Waals surface area (Å²) in [4.78, 5) is 0. The second-order valence-electron chi connectivity index (χ2n) is 3.96. The largest absolute Gasteiger partial charge is 0.0999 e. The molecular weight excluding hydrogens is 120 g/mol. The van der Waals surface area contributed by atoms with Gasteiger partial charge in [0.15, 0.2) is 0 Å². The second-order valence-corrected chi connectivity index (χ2v) is 3.96. The van der Waals surface area contributed by atoms with Gasteiger partial charge in [-0.1, -0.05) is 26.0 Å². The van der Waals surface area contributed by atoms with E-state index in [-0.39, 0.29) is 0 Å². The molecule has 0 aromatic heterocycles. The minimum Gasteiger partial charge on any atom is -0.0999 e. The zero-order valence-electron chi connectivity index (χ0n) is 7.35. The van der Waals surface area contributed by atoms with E-state index in [1.807, 2.05) is 0 Å². The molecule has 0 aromatic rings. The fraction of sp³-hybridized carbons (Fsp3) is 0.800. The third-order valence-corrected chi connectivity index (χ3v) is 2.77. The van der Waals surface area contributed by atoms with E-state index in [0.29, 0.717) is 0 Å². The third-order valence-electron chi connectivity index (χ3n) is 2.77. The highest BCUT2D eigenvalue weighted by Crippen LogP contribution is 2.43. The van der Waals surface area contributed by atoms with Crippen LogP contribution in [0.3, 0.4) is 0 Å². The average Bonchev–Trinajstić information content (AvgIpc) is 2.46. The van der Waals surface area contributed by atoms with E-state index in [2.05, 4.69) is 27.4 Å². The molecule has 0 aliphatic heterocycles. The van der Waals surface area contributed by atoms with Gasteiger partial charge in [-0.05, 0) is 37.5 Å². The number of hydrogen-bond donors (Lipinski definition) is 0. The monoisotopic (exact) mass is 138 g/mol. The summed E-state index contributed by atoms with van der Waals surface area (Å²) in [5, 5.41) is 0. The van der Waals surface area contributed by atoms with E-state index in [1.165, 1.54) is 18.4 Å². The molecule has 0 bridgehead atoms. The van der Waals surface area contributed by atoms with Crippen molar-refractivity contribution in [3.63, 3.8) is 0 Å². The van der Waals surface area contributed by atoms with Gasteiger partial charge in [0.25, 0.3) is 0 Å². The van der Waals surface area contributed by atoms with Crippen molar-refractivity contribution in [3.8, 4) is 0 Å².